The monoisotopic (exact) mass is 384 g/mol. The largest absolute Gasteiger partial charge is 0.470 e. The highest BCUT2D eigenvalue weighted by molar-refractivity contribution is 6.35. The standard InChI is InChI=1S/C17H22Cl2N4O2/c1-3-22(4-2)10-8-20-17(24)15-7-9-23(21-15)12-25-16-6-5-13(18)11-14(16)19/h5-7,9,11H,3-4,8,10,12H2,1-2H3,(H,20,24). The van der Waals surface area contributed by atoms with Crippen molar-refractivity contribution in [3.63, 3.8) is 0 Å². The fourth-order valence-corrected chi connectivity index (χ4v) is 2.70. The van der Waals surface area contributed by atoms with Crippen molar-refractivity contribution in [2.24, 2.45) is 0 Å². The highest BCUT2D eigenvalue weighted by Crippen LogP contribution is 2.27. The van der Waals surface area contributed by atoms with Crippen LogP contribution in [0.25, 0.3) is 0 Å². The average molecular weight is 385 g/mol. The summed E-state index contributed by atoms with van der Waals surface area (Å²) >= 11 is 11.9. The lowest BCUT2D eigenvalue weighted by molar-refractivity contribution is 0.0942. The van der Waals surface area contributed by atoms with Gasteiger partial charge in [-0.25, -0.2) is 4.68 Å². The normalized spacial score (nSPS) is 10.9. The summed E-state index contributed by atoms with van der Waals surface area (Å²) in [5, 5.41) is 8.04. The number of rotatable bonds is 9. The van der Waals surface area contributed by atoms with Crippen LogP contribution in [0.3, 0.4) is 0 Å². The number of hydrogen-bond acceptors (Lipinski definition) is 4. The number of nitrogens with zero attached hydrogens (tertiary/aromatic N) is 3. The lowest BCUT2D eigenvalue weighted by Crippen LogP contribution is -2.35. The van der Waals surface area contributed by atoms with Gasteiger partial charge in [-0.05, 0) is 37.4 Å². The number of ether oxygens (including phenoxy) is 1. The van der Waals surface area contributed by atoms with Gasteiger partial charge < -0.3 is 15.0 Å². The molecule has 1 aromatic heterocycles. The minimum absolute atomic E-state index is 0.147. The van der Waals surface area contributed by atoms with Gasteiger partial charge in [0.25, 0.3) is 5.91 Å². The number of likely N-dealkylation sites (N-methyl/N-ethyl adjacent to an activating group) is 1. The summed E-state index contributed by atoms with van der Waals surface area (Å²) in [5.74, 6) is 0.308. The van der Waals surface area contributed by atoms with E-state index in [1.165, 1.54) is 4.68 Å². The van der Waals surface area contributed by atoms with E-state index in [1.807, 2.05) is 0 Å². The summed E-state index contributed by atoms with van der Waals surface area (Å²) < 4.78 is 7.12. The van der Waals surface area contributed by atoms with Gasteiger partial charge in [-0.3, -0.25) is 4.79 Å². The molecule has 2 rings (SSSR count). The van der Waals surface area contributed by atoms with Crippen molar-refractivity contribution >= 4 is 29.1 Å². The van der Waals surface area contributed by atoms with Crippen LogP contribution in [-0.2, 0) is 6.73 Å². The number of benzene rings is 1. The van der Waals surface area contributed by atoms with Crippen LogP contribution in [0.5, 0.6) is 5.75 Å². The molecule has 0 unspecified atom stereocenters. The molecule has 0 bridgehead atoms. The number of carbonyl (C=O) groups is 1. The van der Waals surface area contributed by atoms with E-state index in [2.05, 4.69) is 29.2 Å². The van der Waals surface area contributed by atoms with Crippen molar-refractivity contribution in [3.05, 3.63) is 46.2 Å². The van der Waals surface area contributed by atoms with Gasteiger partial charge >= 0.3 is 0 Å². The summed E-state index contributed by atoms with van der Waals surface area (Å²) in [6.45, 7) is 7.67. The third-order valence-electron chi connectivity index (χ3n) is 3.73. The van der Waals surface area contributed by atoms with Gasteiger partial charge in [0.15, 0.2) is 6.73 Å². The zero-order chi connectivity index (χ0) is 18.2. The van der Waals surface area contributed by atoms with Gasteiger partial charge in [0, 0.05) is 24.3 Å². The maximum Gasteiger partial charge on any atom is 0.271 e. The molecular weight excluding hydrogens is 363 g/mol. The molecule has 0 atom stereocenters. The molecule has 6 nitrogen and oxygen atoms in total. The molecule has 1 aromatic carbocycles. The van der Waals surface area contributed by atoms with Crippen molar-refractivity contribution in [3.8, 4) is 5.75 Å². The molecule has 0 spiro atoms. The molecule has 1 heterocycles. The zero-order valence-corrected chi connectivity index (χ0v) is 15.8. The summed E-state index contributed by atoms with van der Waals surface area (Å²) in [7, 11) is 0. The van der Waals surface area contributed by atoms with Crippen LogP contribution in [-0.4, -0.2) is 46.8 Å². The zero-order valence-electron chi connectivity index (χ0n) is 14.3. The SMILES string of the molecule is CCN(CC)CCNC(=O)c1ccn(COc2ccc(Cl)cc2Cl)n1. The van der Waals surface area contributed by atoms with Crippen molar-refractivity contribution < 1.29 is 9.53 Å². The second-order valence-electron chi connectivity index (χ2n) is 5.37. The highest BCUT2D eigenvalue weighted by atomic mass is 35.5. The lowest BCUT2D eigenvalue weighted by Gasteiger charge is -2.17. The second kappa shape index (κ2) is 9.65. The van der Waals surface area contributed by atoms with Crippen LogP contribution in [0, 0.1) is 0 Å². The maximum absolute atomic E-state index is 12.1. The number of carbonyl (C=O) groups excluding carboxylic acids is 1. The quantitative estimate of drug-likeness (QED) is 0.720. The van der Waals surface area contributed by atoms with Crippen LogP contribution < -0.4 is 10.1 Å². The number of halogens is 2. The van der Waals surface area contributed by atoms with Crippen molar-refractivity contribution in [2.75, 3.05) is 26.2 Å². The van der Waals surface area contributed by atoms with Gasteiger partial charge in [0.05, 0.1) is 5.02 Å². The Labute approximate surface area is 157 Å². The maximum atomic E-state index is 12.1. The smallest absolute Gasteiger partial charge is 0.271 e. The van der Waals surface area contributed by atoms with E-state index < -0.39 is 0 Å². The molecule has 136 valence electrons. The Morgan fingerprint density at radius 2 is 2.04 bits per heavy atom. The molecule has 2 aromatic rings. The van der Waals surface area contributed by atoms with E-state index in [1.54, 1.807) is 30.5 Å². The molecular formula is C17H22Cl2N4O2. The molecule has 0 aliphatic heterocycles. The minimum atomic E-state index is -0.199. The van der Waals surface area contributed by atoms with Gasteiger partial charge in [-0.2, -0.15) is 5.10 Å². The minimum Gasteiger partial charge on any atom is -0.470 e. The van der Waals surface area contributed by atoms with Crippen molar-refractivity contribution in [2.45, 2.75) is 20.6 Å². The van der Waals surface area contributed by atoms with Crippen LogP contribution in [0.2, 0.25) is 10.0 Å². The van der Waals surface area contributed by atoms with Crippen LogP contribution in [0.15, 0.2) is 30.5 Å². The molecule has 0 fully saturated rings. The van der Waals surface area contributed by atoms with E-state index >= 15 is 0 Å². The fraction of sp³-hybridized carbons (Fsp3) is 0.412. The summed E-state index contributed by atoms with van der Waals surface area (Å²) in [6.07, 6.45) is 1.68. The average Bonchev–Trinajstić information content (AvgIpc) is 3.07. The molecule has 0 saturated heterocycles. The summed E-state index contributed by atoms with van der Waals surface area (Å²) in [5.41, 5.74) is 0.352. The first-order valence-electron chi connectivity index (χ1n) is 8.15. The van der Waals surface area contributed by atoms with Crippen molar-refractivity contribution in [1.82, 2.24) is 20.0 Å². The topological polar surface area (TPSA) is 59.4 Å². The predicted octanol–water partition coefficient (Wildman–Crippen LogP) is 3.30. The number of amides is 1. The molecule has 1 N–H and O–H groups in total. The Kier molecular flexibility index (Phi) is 7.55. The summed E-state index contributed by atoms with van der Waals surface area (Å²) in [6, 6.07) is 6.64. The third kappa shape index (κ3) is 5.92. The molecule has 25 heavy (non-hydrogen) atoms. The Morgan fingerprint density at radius 3 is 2.72 bits per heavy atom. The van der Waals surface area contributed by atoms with Gasteiger partial charge in [-0.1, -0.05) is 37.0 Å². The van der Waals surface area contributed by atoms with Gasteiger partial charge in [0.1, 0.15) is 11.4 Å². The Morgan fingerprint density at radius 1 is 1.28 bits per heavy atom. The number of hydrogen-bond donors (Lipinski definition) is 1. The predicted molar refractivity (Wildman–Crippen MR) is 99.4 cm³/mol. The number of aromatic nitrogens is 2. The van der Waals surface area contributed by atoms with Gasteiger partial charge in [0.2, 0.25) is 0 Å². The van der Waals surface area contributed by atoms with E-state index in [4.69, 9.17) is 27.9 Å². The lowest BCUT2D eigenvalue weighted by atomic mass is 10.3. The van der Waals surface area contributed by atoms with E-state index in [-0.39, 0.29) is 12.6 Å². The first-order valence-corrected chi connectivity index (χ1v) is 8.91. The van der Waals surface area contributed by atoms with E-state index in [0.29, 0.717) is 28.0 Å². The van der Waals surface area contributed by atoms with Crippen LogP contribution >= 0.6 is 23.2 Å². The Hall–Kier alpha value is -1.76. The van der Waals surface area contributed by atoms with Crippen LogP contribution in [0.4, 0.5) is 0 Å². The molecule has 0 radical (unpaired) electrons. The second-order valence-corrected chi connectivity index (χ2v) is 6.22. The molecule has 1 amide bonds. The Balaban J connectivity index is 1.83. The molecule has 0 saturated carbocycles. The van der Waals surface area contributed by atoms with E-state index in [0.717, 1.165) is 19.6 Å². The highest BCUT2D eigenvalue weighted by Gasteiger charge is 2.10. The molecule has 0 aliphatic carbocycles. The third-order valence-corrected chi connectivity index (χ3v) is 4.26. The van der Waals surface area contributed by atoms with Gasteiger partial charge in [-0.15, -0.1) is 0 Å². The Bertz CT molecular complexity index is 702. The fourth-order valence-electron chi connectivity index (χ4n) is 2.24. The molecule has 0 aliphatic rings. The van der Waals surface area contributed by atoms with Crippen molar-refractivity contribution in [1.29, 1.82) is 0 Å². The van der Waals surface area contributed by atoms with E-state index in [9.17, 15) is 4.79 Å². The molecule has 8 heteroatoms. The summed E-state index contributed by atoms with van der Waals surface area (Å²) in [4.78, 5) is 14.3. The first-order chi connectivity index (χ1) is 12.0. The van der Waals surface area contributed by atoms with Crippen LogP contribution in [0.1, 0.15) is 24.3 Å². The first kappa shape index (κ1) is 19.6. The number of nitrogens with one attached hydrogen (secondary N) is 1.